The minimum absolute atomic E-state index is 0.0237. The lowest BCUT2D eigenvalue weighted by molar-refractivity contribution is 0.168. The molecule has 4 aliphatic rings. The van der Waals surface area contributed by atoms with Gasteiger partial charge in [-0.1, -0.05) is 30.2 Å². The Morgan fingerprint density at radius 3 is 2.74 bits per heavy atom. The van der Waals surface area contributed by atoms with Crippen LogP contribution in [0.3, 0.4) is 0 Å². The summed E-state index contributed by atoms with van der Waals surface area (Å²) in [6.07, 6.45) is 14.7. The van der Waals surface area contributed by atoms with Crippen molar-refractivity contribution in [3.05, 3.63) is 59.5 Å². The molecule has 0 radical (unpaired) electrons. The monoisotopic (exact) mass is 457 g/mol. The fraction of sp³-hybridized carbons (Fsp3) is 0.500. The van der Waals surface area contributed by atoms with Crippen molar-refractivity contribution in [2.45, 2.75) is 50.2 Å². The third-order valence-corrected chi connectivity index (χ3v) is 7.48. The van der Waals surface area contributed by atoms with E-state index in [0.29, 0.717) is 6.42 Å². The molecule has 3 heterocycles. The highest BCUT2D eigenvalue weighted by Crippen LogP contribution is 2.37. The van der Waals surface area contributed by atoms with Crippen LogP contribution in [0.5, 0.6) is 0 Å². The maximum Gasteiger partial charge on any atom is 0.120 e. The predicted molar refractivity (Wildman–Crippen MR) is 138 cm³/mol. The van der Waals surface area contributed by atoms with Crippen LogP contribution in [-0.2, 0) is 12.8 Å². The second-order valence-corrected chi connectivity index (χ2v) is 9.79. The van der Waals surface area contributed by atoms with Crippen LogP contribution in [0.25, 0.3) is 5.57 Å². The summed E-state index contributed by atoms with van der Waals surface area (Å²) in [5.41, 5.74) is 10.3. The van der Waals surface area contributed by atoms with Gasteiger partial charge in [0.1, 0.15) is 5.71 Å². The van der Waals surface area contributed by atoms with Gasteiger partial charge in [0.25, 0.3) is 0 Å². The van der Waals surface area contributed by atoms with E-state index in [1.165, 1.54) is 29.5 Å². The minimum Gasteiger partial charge on any atom is -0.389 e. The predicted octanol–water partition coefficient (Wildman–Crippen LogP) is 2.51. The van der Waals surface area contributed by atoms with E-state index in [4.69, 9.17) is 4.98 Å². The molecule has 6 heteroatoms. The van der Waals surface area contributed by atoms with Gasteiger partial charge in [0.15, 0.2) is 0 Å². The molecule has 0 amide bonds. The number of aliphatic hydroxyl groups is 1. The Kier molecular flexibility index (Phi) is 6.96. The Labute approximate surface area is 203 Å². The minimum atomic E-state index is -0.389. The van der Waals surface area contributed by atoms with Crippen LogP contribution in [0.15, 0.2) is 42.2 Å². The summed E-state index contributed by atoms with van der Waals surface area (Å²) in [4.78, 5) is 9.74. The van der Waals surface area contributed by atoms with Crippen LogP contribution < -0.4 is 5.43 Å². The van der Waals surface area contributed by atoms with Gasteiger partial charge in [-0.3, -0.25) is 9.88 Å². The zero-order valence-electron chi connectivity index (χ0n) is 20.1. The van der Waals surface area contributed by atoms with Gasteiger partial charge in [-0.25, -0.2) is 0 Å². The highest BCUT2D eigenvalue weighted by atomic mass is 16.3. The number of hydrogen-bond donors (Lipinski definition) is 2. The second-order valence-electron chi connectivity index (χ2n) is 9.79. The Bertz CT molecular complexity index is 1080. The number of allylic oxidation sites excluding steroid dienone is 2. The summed E-state index contributed by atoms with van der Waals surface area (Å²) in [7, 11) is 2.17. The maximum atomic E-state index is 9.85. The molecule has 3 atom stereocenters. The molecule has 1 aromatic heterocycles. The first kappa shape index (κ1) is 23.0. The van der Waals surface area contributed by atoms with Gasteiger partial charge in [-0.2, -0.15) is 5.10 Å². The maximum absolute atomic E-state index is 9.85. The molecule has 1 fully saturated rings. The number of nitrogens with zero attached hydrogens (tertiary/aromatic N) is 4. The quantitative estimate of drug-likeness (QED) is 0.537. The number of fused-ring (bicyclic) bond motifs is 1. The number of aromatic nitrogens is 1. The van der Waals surface area contributed by atoms with E-state index in [1.54, 1.807) is 0 Å². The summed E-state index contributed by atoms with van der Waals surface area (Å²) in [6.45, 7) is 9.17. The van der Waals surface area contributed by atoms with Crippen LogP contribution in [0.4, 0.5) is 0 Å². The second kappa shape index (κ2) is 10.3. The van der Waals surface area contributed by atoms with Gasteiger partial charge in [-0.05, 0) is 67.3 Å². The largest absolute Gasteiger partial charge is 0.389 e. The molecule has 0 spiro atoms. The third kappa shape index (κ3) is 4.74. The van der Waals surface area contributed by atoms with Crippen LogP contribution in [0.2, 0.25) is 0 Å². The van der Waals surface area contributed by atoms with E-state index in [2.05, 4.69) is 51.9 Å². The Balaban J connectivity index is 1.43. The van der Waals surface area contributed by atoms with Gasteiger partial charge < -0.3 is 15.4 Å². The Morgan fingerprint density at radius 2 is 2.00 bits per heavy atom. The summed E-state index contributed by atoms with van der Waals surface area (Å²) < 4.78 is 0. The number of rotatable bonds is 4. The molecule has 34 heavy (non-hydrogen) atoms. The van der Waals surface area contributed by atoms with Crippen LogP contribution in [0, 0.1) is 11.8 Å². The zero-order valence-corrected chi connectivity index (χ0v) is 20.1. The summed E-state index contributed by atoms with van der Waals surface area (Å²) in [6, 6.07) is 0.0237. The van der Waals surface area contributed by atoms with E-state index in [9.17, 15) is 5.11 Å². The molecule has 0 saturated carbocycles. The molecule has 2 aliphatic heterocycles. The number of likely N-dealkylation sites (N-methyl/N-ethyl adjacent to an activating group) is 1. The van der Waals surface area contributed by atoms with Crippen molar-refractivity contribution in [2.75, 3.05) is 39.8 Å². The first-order chi connectivity index (χ1) is 16.6. The molecule has 5 rings (SSSR count). The van der Waals surface area contributed by atoms with Gasteiger partial charge in [0, 0.05) is 32.4 Å². The van der Waals surface area contributed by atoms with Crippen molar-refractivity contribution >= 4 is 11.3 Å². The lowest BCUT2D eigenvalue weighted by Gasteiger charge is -2.30. The molecular formula is C28H35N5O. The topological polar surface area (TPSA) is 64.0 Å². The zero-order chi connectivity index (χ0) is 23.5. The summed E-state index contributed by atoms with van der Waals surface area (Å²) in [5, 5.41) is 14.5. The van der Waals surface area contributed by atoms with Crippen molar-refractivity contribution in [1.29, 1.82) is 0 Å². The molecule has 2 aliphatic carbocycles. The number of aliphatic hydroxyl groups excluding tert-OH is 1. The molecule has 0 bridgehead atoms. The first-order valence-corrected chi connectivity index (χ1v) is 12.6. The number of pyridine rings is 1. The highest BCUT2D eigenvalue weighted by molar-refractivity contribution is 6.07. The van der Waals surface area contributed by atoms with Crippen molar-refractivity contribution in [1.82, 2.24) is 20.2 Å². The summed E-state index contributed by atoms with van der Waals surface area (Å²) >= 11 is 0. The Hall–Kier alpha value is -2.72. The van der Waals surface area contributed by atoms with E-state index in [1.807, 2.05) is 24.4 Å². The van der Waals surface area contributed by atoms with E-state index < -0.39 is 0 Å². The molecule has 1 aromatic rings. The van der Waals surface area contributed by atoms with Gasteiger partial charge >= 0.3 is 0 Å². The summed E-state index contributed by atoms with van der Waals surface area (Å²) in [5.74, 6) is 6.84. The SMILES string of the molecule is C=CC1NN=C(C#CCN2CCN(C)CC2)C1c1cnc(C2=CCC(O)C=C2)c2c1CCCC2. The fourth-order valence-electron chi connectivity index (χ4n) is 5.42. The van der Waals surface area contributed by atoms with E-state index in [-0.39, 0.29) is 18.1 Å². The molecular weight excluding hydrogens is 422 g/mol. The van der Waals surface area contributed by atoms with Gasteiger partial charge in [-0.15, -0.1) is 6.58 Å². The normalized spacial score (nSPS) is 27.2. The number of piperazine rings is 1. The standard InChI is InChI=1S/C28H35N5O/c1-3-25-27(26(31-30-25)9-6-14-33-17-15-32(2)16-18-33)24-19-29-28(20-10-12-21(34)13-11-20)23-8-5-4-7-22(23)24/h3,10-12,19,21,25,27,30,34H,1,4-5,7-8,13-18H2,2H3. The number of hydrazone groups is 1. The molecule has 3 unspecified atom stereocenters. The van der Waals surface area contributed by atoms with Crippen LogP contribution >= 0.6 is 0 Å². The average molecular weight is 458 g/mol. The Morgan fingerprint density at radius 1 is 1.21 bits per heavy atom. The number of nitrogens with one attached hydrogen (secondary N) is 1. The smallest absolute Gasteiger partial charge is 0.120 e. The lowest BCUT2D eigenvalue weighted by atomic mass is 9.79. The molecule has 178 valence electrons. The fourth-order valence-corrected chi connectivity index (χ4v) is 5.42. The lowest BCUT2D eigenvalue weighted by Crippen LogP contribution is -2.44. The van der Waals surface area contributed by atoms with E-state index in [0.717, 1.165) is 62.5 Å². The highest BCUT2D eigenvalue weighted by Gasteiger charge is 2.34. The van der Waals surface area contributed by atoms with Crippen molar-refractivity contribution in [3.8, 4) is 11.8 Å². The van der Waals surface area contributed by atoms with Gasteiger partial charge in [0.05, 0.1) is 30.3 Å². The average Bonchev–Trinajstić information content (AvgIpc) is 3.28. The van der Waals surface area contributed by atoms with Crippen LogP contribution in [0.1, 0.15) is 47.6 Å². The first-order valence-electron chi connectivity index (χ1n) is 12.6. The van der Waals surface area contributed by atoms with Gasteiger partial charge in [0.2, 0.25) is 0 Å². The molecule has 1 saturated heterocycles. The third-order valence-electron chi connectivity index (χ3n) is 7.48. The van der Waals surface area contributed by atoms with Crippen molar-refractivity contribution in [2.24, 2.45) is 5.10 Å². The molecule has 2 N–H and O–H groups in total. The number of hydrogen-bond acceptors (Lipinski definition) is 6. The van der Waals surface area contributed by atoms with E-state index >= 15 is 0 Å². The van der Waals surface area contributed by atoms with Crippen molar-refractivity contribution in [3.63, 3.8) is 0 Å². The van der Waals surface area contributed by atoms with Crippen LogP contribution in [-0.4, -0.2) is 77.5 Å². The molecule has 0 aromatic carbocycles. The van der Waals surface area contributed by atoms with Crippen molar-refractivity contribution < 1.29 is 5.11 Å². The molecule has 6 nitrogen and oxygen atoms in total.